The van der Waals surface area contributed by atoms with Crippen molar-refractivity contribution in [1.82, 2.24) is 15.1 Å². The van der Waals surface area contributed by atoms with Gasteiger partial charge in [-0.1, -0.05) is 0 Å². The van der Waals surface area contributed by atoms with Crippen LogP contribution < -0.4 is 5.73 Å². The van der Waals surface area contributed by atoms with Gasteiger partial charge in [0.15, 0.2) is 5.69 Å². The van der Waals surface area contributed by atoms with Gasteiger partial charge in [0.05, 0.1) is 10.4 Å². The Morgan fingerprint density at radius 3 is 2.90 bits per heavy atom. The van der Waals surface area contributed by atoms with Crippen molar-refractivity contribution in [3.05, 3.63) is 34.0 Å². The molecule has 1 unspecified atom stereocenters. The Morgan fingerprint density at radius 1 is 1.60 bits per heavy atom. The summed E-state index contributed by atoms with van der Waals surface area (Å²) < 4.78 is 0. The molecule has 2 rings (SSSR count). The first-order valence-electron chi connectivity index (χ1n) is 6.05. The maximum absolute atomic E-state index is 12.3. The summed E-state index contributed by atoms with van der Waals surface area (Å²) in [6, 6.07) is 4.09. The van der Waals surface area contributed by atoms with Gasteiger partial charge >= 0.3 is 0 Å². The Kier molecular flexibility index (Phi) is 3.66. The third-order valence-electron chi connectivity index (χ3n) is 3.28. The molecule has 0 saturated carbocycles. The summed E-state index contributed by atoms with van der Waals surface area (Å²) in [7, 11) is 1.62. The number of hydrogen-bond donors (Lipinski definition) is 2. The van der Waals surface area contributed by atoms with Crippen LogP contribution in [0.5, 0.6) is 0 Å². The Morgan fingerprint density at radius 2 is 2.30 bits per heavy atom. The van der Waals surface area contributed by atoms with Crippen LogP contribution in [0.25, 0.3) is 10.9 Å². The van der Waals surface area contributed by atoms with Crippen molar-refractivity contribution in [2.45, 2.75) is 13.0 Å². The van der Waals surface area contributed by atoms with E-state index in [2.05, 4.69) is 10.2 Å². The van der Waals surface area contributed by atoms with E-state index >= 15 is 0 Å². The van der Waals surface area contributed by atoms with E-state index in [1.54, 1.807) is 7.05 Å². The summed E-state index contributed by atoms with van der Waals surface area (Å²) >= 11 is 0. The standard InChI is InChI=1S/C12H15N5O3/c1-7(6-13)16(2)12(18)11-9-5-8(17(19)20)3-4-10(9)14-15-11/h3-5,7H,6,13H2,1-2H3,(H,14,15). The highest BCUT2D eigenvalue weighted by molar-refractivity contribution is 6.05. The van der Waals surface area contributed by atoms with Gasteiger partial charge in [0.2, 0.25) is 0 Å². The summed E-state index contributed by atoms with van der Waals surface area (Å²) in [5.41, 5.74) is 6.18. The molecular formula is C12H15N5O3. The number of nitro groups is 1. The summed E-state index contributed by atoms with van der Waals surface area (Å²) in [5.74, 6) is -0.324. The predicted molar refractivity (Wildman–Crippen MR) is 73.4 cm³/mol. The van der Waals surface area contributed by atoms with Crippen LogP contribution in [0.15, 0.2) is 18.2 Å². The van der Waals surface area contributed by atoms with Crippen molar-refractivity contribution in [3.63, 3.8) is 0 Å². The molecule has 106 valence electrons. The lowest BCUT2D eigenvalue weighted by Crippen LogP contribution is -2.39. The van der Waals surface area contributed by atoms with Crippen LogP contribution in [0.2, 0.25) is 0 Å². The van der Waals surface area contributed by atoms with E-state index < -0.39 is 4.92 Å². The Balaban J connectivity index is 2.46. The molecule has 0 aliphatic carbocycles. The number of nitrogens with zero attached hydrogens (tertiary/aromatic N) is 3. The van der Waals surface area contributed by atoms with Crippen LogP contribution in [-0.4, -0.2) is 45.6 Å². The van der Waals surface area contributed by atoms with Crippen molar-refractivity contribution in [3.8, 4) is 0 Å². The zero-order valence-electron chi connectivity index (χ0n) is 11.2. The Bertz CT molecular complexity index is 666. The molecule has 0 aliphatic heterocycles. The maximum atomic E-state index is 12.3. The molecule has 1 amide bonds. The van der Waals surface area contributed by atoms with Crippen LogP contribution in [-0.2, 0) is 0 Å². The number of nitrogens with one attached hydrogen (secondary N) is 1. The van der Waals surface area contributed by atoms with Gasteiger partial charge < -0.3 is 10.6 Å². The van der Waals surface area contributed by atoms with Crippen molar-refractivity contribution in [1.29, 1.82) is 0 Å². The maximum Gasteiger partial charge on any atom is 0.275 e. The van der Waals surface area contributed by atoms with Gasteiger partial charge in [0.1, 0.15) is 0 Å². The zero-order valence-corrected chi connectivity index (χ0v) is 11.2. The largest absolute Gasteiger partial charge is 0.336 e. The molecule has 0 saturated heterocycles. The first-order chi connectivity index (χ1) is 9.45. The van der Waals surface area contributed by atoms with Crippen LogP contribution >= 0.6 is 0 Å². The van der Waals surface area contributed by atoms with E-state index in [1.807, 2.05) is 6.92 Å². The average Bonchev–Trinajstić information content (AvgIpc) is 2.87. The Labute approximate surface area is 114 Å². The number of aromatic amines is 1. The number of likely N-dealkylation sites (N-methyl/N-ethyl adjacent to an activating group) is 1. The lowest BCUT2D eigenvalue weighted by molar-refractivity contribution is -0.384. The zero-order chi connectivity index (χ0) is 14.9. The molecule has 1 heterocycles. The van der Waals surface area contributed by atoms with Crippen molar-refractivity contribution >= 4 is 22.5 Å². The number of aromatic nitrogens is 2. The highest BCUT2D eigenvalue weighted by Crippen LogP contribution is 2.23. The normalized spacial score (nSPS) is 12.3. The quantitative estimate of drug-likeness (QED) is 0.635. The number of amides is 1. The topological polar surface area (TPSA) is 118 Å². The highest BCUT2D eigenvalue weighted by atomic mass is 16.6. The number of carbonyl (C=O) groups is 1. The number of hydrogen-bond acceptors (Lipinski definition) is 5. The molecule has 8 heteroatoms. The van der Waals surface area contributed by atoms with Gasteiger partial charge in [0, 0.05) is 37.2 Å². The van der Waals surface area contributed by atoms with Crippen molar-refractivity contribution in [2.75, 3.05) is 13.6 Å². The van der Waals surface area contributed by atoms with Crippen LogP contribution in [0.4, 0.5) is 5.69 Å². The van der Waals surface area contributed by atoms with Gasteiger partial charge in [0.25, 0.3) is 11.6 Å². The van der Waals surface area contributed by atoms with Crippen LogP contribution in [0, 0.1) is 10.1 Å². The average molecular weight is 277 g/mol. The molecule has 0 bridgehead atoms. The van der Waals surface area contributed by atoms with E-state index in [9.17, 15) is 14.9 Å². The molecule has 0 spiro atoms. The third kappa shape index (κ3) is 2.32. The molecule has 8 nitrogen and oxygen atoms in total. The molecule has 0 aliphatic rings. The predicted octanol–water partition coefficient (Wildman–Crippen LogP) is 0.890. The molecule has 1 aromatic heterocycles. The number of nitrogens with two attached hydrogens (primary N) is 1. The number of benzene rings is 1. The number of nitro benzene ring substituents is 1. The Hall–Kier alpha value is -2.48. The molecule has 3 N–H and O–H groups in total. The van der Waals surface area contributed by atoms with E-state index in [0.717, 1.165) is 0 Å². The van der Waals surface area contributed by atoms with E-state index in [0.29, 0.717) is 17.4 Å². The van der Waals surface area contributed by atoms with E-state index in [-0.39, 0.29) is 23.3 Å². The number of non-ortho nitro benzene ring substituents is 1. The third-order valence-corrected chi connectivity index (χ3v) is 3.28. The fourth-order valence-corrected chi connectivity index (χ4v) is 1.80. The van der Waals surface area contributed by atoms with Gasteiger partial charge in [-0.15, -0.1) is 0 Å². The summed E-state index contributed by atoms with van der Waals surface area (Å²) in [5, 5.41) is 17.9. The van der Waals surface area contributed by atoms with Gasteiger partial charge in [-0.2, -0.15) is 5.10 Å². The van der Waals surface area contributed by atoms with Gasteiger partial charge in [-0.05, 0) is 13.0 Å². The summed E-state index contributed by atoms with van der Waals surface area (Å²) in [6.07, 6.45) is 0. The minimum atomic E-state index is -0.507. The van der Waals surface area contributed by atoms with E-state index in [4.69, 9.17) is 5.73 Å². The molecule has 0 radical (unpaired) electrons. The second kappa shape index (κ2) is 5.25. The number of carbonyl (C=O) groups excluding carboxylic acids is 1. The second-order valence-corrected chi connectivity index (χ2v) is 4.56. The smallest absolute Gasteiger partial charge is 0.275 e. The monoisotopic (exact) mass is 277 g/mol. The van der Waals surface area contributed by atoms with Crippen LogP contribution in [0.3, 0.4) is 0 Å². The minimum Gasteiger partial charge on any atom is -0.336 e. The summed E-state index contributed by atoms with van der Waals surface area (Å²) in [4.78, 5) is 24.1. The second-order valence-electron chi connectivity index (χ2n) is 4.56. The molecule has 2 aromatic rings. The first-order valence-corrected chi connectivity index (χ1v) is 6.05. The number of rotatable bonds is 4. The molecule has 1 atom stereocenters. The number of H-pyrrole nitrogens is 1. The van der Waals surface area contributed by atoms with E-state index in [1.165, 1.54) is 23.1 Å². The lowest BCUT2D eigenvalue weighted by atomic mass is 10.1. The molecule has 20 heavy (non-hydrogen) atoms. The van der Waals surface area contributed by atoms with Gasteiger partial charge in [-0.25, -0.2) is 0 Å². The van der Waals surface area contributed by atoms with Crippen LogP contribution in [0.1, 0.15) is 17.4 Å². The molecule has 1 aromatic carbocycles. The number of fused-ring (bicyclic) bond motifs is 1. The van der Waals surface area contributed by atoms with Crippen molar-refractivity contribution in [2.24, 2.45) is 5.73 Å². The molecule has 0 fully saturated rings. The fraction of sp³-hybridized carbons (Fsp3) is 0.333. The summed E-state index contributed by atoms with van der Waals surface area (Å²) in [6.45, 7) is 2.14. The minimum absolute atomic E-state index is 0.0810. The molecular weight excluding hydrogens is 262 g/mol. The lowest BCUT2D eigenvalue weighted by Gasteiger charge is -2.22. The highest BCUT2D eigenvalue weighted by Gasteiger charge is 2.22. The van der Waals surface area contributed by atoms with Crippen molar-refractivity contribution < 1.29 is 9.72 Å². The SMILES string of the molecule is CC(CN)N(C)C(=O)c1n[nH]c2ccc([N+](=O)[O-])cc12. The first kappa shape index (κ1) is 13.9. The van der Waals surface area contributed by atoms with Gasteiger partial charge in [-0.3, -0.25) is 20.0 Å². The fourth-order valence-electron chi connectivity index (χ4n) is 1.80.